The van der Waals surface area contributed by atoms with Gasteiger partial charge in [0.05, 0.1) is 12.1 Å². The fourth-order valence-electron chi connectivity index (χ4n) is 3.89. The van der Waals surface area contributed by atoms with E-state index in [2.05, 4.69) is 9.97 Å². The third-order valence-electron chi connectivity index (χ3n) is 5.42. The summed E-state index contributed by atoms with van der Waals surface area (Å²) >= 11 is 6.03. The standard InChI is InChI=1S/C23H22ClFN4O/c24-18-7-5-16(6-8-18)20-13-27-23(26)28-22(20)17-2-1-11-29(14-17)21(30)12-15-3-9-19(25)10-4-15/h3-10,13,17H,1-2,11-12,14H2,(H2,26,27,28)/t17-/m0/s1. The number of carbonyl (C=O) groups excluding carboxylic acids is 1. The molecule has 0 radical (unpaired) electrons. The van der Waals surface area contributed by atoms with Crippen LogP contribution in [0.15, 0.2) is 54.7 Å². The number of aromatic nitrogens is 2. The Morgan fingerprint density at radius 2 is 1.90 bits per heavy atom. The summed E-state index contributed by atoms with van der Waals surface area (Å²) in [7, 11) is 0. The molecular formula is C23H22ClFN4O. The summed E-state index contributed by atoms with van der Waals surface area (Å²) in [5.41, 5.74) is 9.41. The number of nitrogens with two attached hydrogens (primary N) is 1. The molecule has 7 heteroatoms. The molecule has 0 bridgehead atoms. The molecule has 4 rings (SSSR count). The second-order valence-electron chi connectivity index (χ2n) is 7.52. The number of rotatable bonds is 4. The van der Waals surface area contributed by atoms with E-state index in [0.29, 0.717) is 18.1 Å². The largest absolute Gasteiger partial charge is 0.368 e. The molecule has 1 amide bonds. The number of nitrogen functional groups attached to an aromatic ring is 1. The summed E-state index contributed by atoms with van der Waals surface area (Å²) in [4.78, 5) is 23.4. The Labute approximate surface area is 179 Å². The highest BCUT2D eigenvalue weighted by Gasteiger charge is 2.28. The lowest BCUT2D eigenvalue weighted by molar-refractivity contribution is -0.131. The molecule has 0 saturated carbocycles. The lowest BCUT2D eigenvalue weighted by Crippen LogP contribution is -2.40. The molecule has 1 aromatic heterocycles. The summed E-state index contributed by atoms with van der Waals surface area (Å²) < 4.78 is 13.1. The number of benzene rings is 2. The highest BCUT2D eigenvalue weighted by Crippen LogP contribution is 2.34. The van der Waals surface area contributed by atoms with Crippen molar-refractivity contribution >= 4 is 23.5 Å². The summed E-state index contributed by atoms with van der Waals surface area (Å²) in [5, 5.41) is 0.659. The third-order valence-corrected chi connectivity index (χ3v) is 5.67. The van der Waals surface area contributed by atoms with Crippen molar-refractivity contribution in [3.05, 3.63) is 76.8 Å². The Balaban J connectivity index is 1.55. The number of halogens is 2. The van der Waals surface area contributed by atoms with Crippen molar-refractivity contribution in [2.45, 2.75) is 25.2 Å². The minimum absolute atomic E-state index is 0.0291. The topological polar surface area (TPSA) is 72.1 Å². The van der Waals surface area contributed by atoms with E-state index in [9.17, 15) is 9.18 Å². The predicted octanol–water partition coefficient (Wildman–Crippen LogP) is 4.47. The first-order valence-corrected chi connectivity index (χ1v) is 10.3. The maximum atomic E-state index is 13.1. The van der Waals surface area contributed by atoms with Crippen LogP contribution in [-0.2, 0) is 11.2 Å². The van der Waals surface area contributed by atoms with Gasteiger partial charge in [-0.2, -0.15) is 0 Å². The van der Waals surface area contributed by atoms with Crippen LogP contribution in [0.5, 0.6) is 0 Å². The highest BCUT2D eigenvalue weighted by atomic mass is 35.5. The van der Waals surface area contributed by atoms with Gasteiger partial charge in [0.25, 0.3) is 0 Å². The van der Waals surface area contributed by atoms with Crippen molar-refractivity contribution in [1.29, 1.82) is 0 Å². The minimum atomic E-state index is -0.305. The van der Waals surface area contributed by atoms with Gasteiger partial charge in [0.15, 0.2) is 0 Å². The molecule has 2 heterocycles. The second kappa shape index (κ2) is 8.79. The molecule has 1 atom stereocenters. The first-order chi connectivity index (χ1) is 14.5. The predicted molar refractivity (Wildman–Crippen MR) is 116 cm³/mol. The van der Waals surface area contributed by atoms with Crippen molar-refractivity contribution in [3.8, 4) is 11.1 Å². The molecule has 0 aliphatic carbocycles. The van der Waals surface area contributed by atoms with Gasteiger partial charge in [-0.15, -0.1) is 0 Å². The SMILES string of the molecule is Nc1ncc(-c2ccc(Cl)cc2)c([C@H]2CCCN(C(=O)Cc3ccc(F)cc3)C2)n1. The van der Waals surface area contributed by atoms with E-state index in [-0.39, 0.29) is 30.0 Å². The van der Waals surface area contributed by atoms with Gasteiger partial charge >= 0.3 is 0 Å². The van der Waals surface area contributed by atoms with E-state index in [4.69, 9.17) is 17.3 Å². The first kappa shape index (κ1) is 20.3. The molecule has 1 aliphatic rings. The lowest BCUT2D eigenvalue weighted by atomic mass is 9.89. The van der Waals surface area contributed by atoms with Gasteiger partial charge in [-0.1, -0.05) is 35.9 Å². The number of carbonyl (C=O) groups is 1. The molecule has 1 aliphatic heterocycles. The number of piperidine rings is 1. The Bertz CT molecular complexity index is 1040. The number of nitrogens with zero attached hydrogens (tertiary/aromatic N) is 3. The molecular weight excluding hydrogens is 403 g/mol. The summed E-state index contributed by atoms with van der Waals surface area (Å²) in [5.74, 6) is 0.00562. The molecule has 1 saturated heterocycles. The smallest absolute Gasteiger partial charge is 0.227 e. The Hall–Kier alpha value is -2.99. The third kappa shape index (κ3) is 4.60. The fourth-order valence-corrected chi connectivity index (χ4v) is 4.01. The van der Waals surface area contributed by atoms with Gasteiger partial charge in [0.1, 0.15) is 5.82 Å². The highest BCUT2D eigenvalue weighted by molar-refractivity contribution is 6.30. The maximum absolute atomic E-state index is 13.1. The van der Waals surface area contributed by atoms with E-state index in [0.717, 1.165) is 35.2 Å². The molecule has 30 heavy (non-hydrogen) atoms. The van der Waals surface area contributed by atoms with Crippen molar-refractivity contribution in [1.82, 2.24) is 14.9 Å². The lowest BCUT2D eigenvalue weighted by Gasteiger charge is -2.33. The van der Waals surface area contributed by atoms with Crippen molar-refractivity contribution in [2.75, 3.05) is 18.8 Å². The quantitative estimate of drug-likeness (QED) is 0.670. The summed E-state index contributed by atoms with van der Waals surface area (Å²) in [6.07, 6.45) is 3.78. The van der Waals surface area contributed by atoms with Gasteiger partial charge in [-0.25, -0.2) is 14.4 Å². The van der Waals surface area contributed by atoms with Crippen LogP contribution in [-0.4, -0.2) is 33.9 Å². The molecule has 0 spiro atoms. The molecule has 3 aromatic rings. The van der Waals surface area contributed by atoms with E-state index >= 15 is 0 Å². The van der Waals surface area contributed by atoms with Gasteiger partial charge in [0.2, 0.25) is 11.9 Å². The maximum Gasteiger partial charge on any atom is 0.227 e. The fraction of sp³-hybridized carbons (Fsp3) is 0.261. The van der Waals surface area contributed by atoms with Gasteiger partial charge < -0.3 is 10.6 Å². The Kier molecular flexibility index (Phi) is 5.95. The monoisotopic (exact) mass is 424 g/mol. The van der Waals surface area contributed by atoms with Crippen molar-refractivity contribution in [2.24, 2.45) is 0 Å². The van der Waals surface area contributed by atoms with Crippen LogP contribution in [0.1, 0.15) is 30.0 Å². The zero-order chi connectivity index (χ0) is 21.1. The molecule has 2 aromatic carbocycles. The number of hydrogen-bond acceptors (Lipinski definition) is 4. The van der Waals surface area contributed by atoms with Crippen LogP contribution in [0.2, 0.25) is 5.02 Å². The van der Waals surface area contributed by atoms with E-state index in [1.807, 2.05) is 29.2 Å². The van der Waals surface area contributed by atoms with Crippen LogP contribution < -0.4 is 5.73 Å². The van der Waals surface area contributed by atoms with Crippen LogP contribution in [0.3, 0.4) is 0 Å². The zero-order valence-corrected chi connectivity index (χ0v) is 17.1. The van der Waals surface area contributed by atoms with Crippen LogP contribution in [0.25, 0.3) is 11.1 Å². The number of anilines is 1. The number of amides is 1. The second-order valence-corrected chi connectivity index (χ2v) is 7.95. The summed E-state index contributed by atoms with van der Waals surface area (Å²) in [6, 6.07) is 13.6. The molecule has 5 nitrogen and oxygen atoms in total. The normalized spacial score (nSPS) is 16.5. The van der Waals surface area contributed by atoms with E-state index in [1.165, 1.54) is 12.1 Å². The summed E-state index contributed by atoms with van der Waals surface area (Å²) in [6.45, 7) is 1.27. The molecule has 1 fully saturated rings. The number of hydrogen-bond donors (Lipinski definition) is 1. The minimum Gasteiger partial charge on any atom is -0.368 e. The van der Waals surface area contributed by atoms with Crippen LogP contribution >= 0.6 is 11.6 Å². The zero-order valence-electron chi connectivity index (χ0n) is 16.4. The van der Waals surface area contributed by atoms with Crippen molar-refractivity contribution in [3.63, 3.8) is 0 Å². The van der Waals surface area contributed by atoms with Crippen LogP contribution in [0.4, 0.5) is 10.3 Å². The van der Waals surface area contributed by atoms with Gasteiger partial charge in [-0.3, -0.25) is 4.79 Å². The van der Waals surface area contributed by atoms with E-state index in [1.54, 1.807) is 18.3 Å². The van der Waals surface area contributed by atoms with Crippen molar-refractivity contribution < 1.29 is 9.18 Å². The molecule has 2 N–H and O–H groups in total. The molecule has 154 valence electrons. The Morgan fingerprint density at radius 1 is 1.17 bits per heavy atom. The molecule has 0 unspecified atom stereocenters. The van der Waals surface area contributed by atoms with Crippen LogP contribution in [0, 0.1) is 5.82 Å². The Morgan fingerprint density at radius 3 is 2.63 bits per heavy atom. The number of likely N-dealkylation sites (tertiary alicyclic amines) is 1. The first-order valence-electron chi connectivity index (χ1n) is 9.90. The van der Waals surface area contributed by atoms with Gasteiger partial charge in [0, 0.05) is 35.8 Å². The van der Waals surface area contributed by atoms with Gasteiger partial charge in [-0.05, 0) is 48.2 Å². The van der Waals surface area contributed by atoms with E-state index < -0.39 is 0 Å². The average Bonchev–Trinajstić information content (AvgIpc) is 2.76. The average molecular weight is 425 g/mol.